The van der Waals surface area contributed by atoms with Crippen molar-refractivity contribution in [1.82, 2.24) is 15.5 Å². The fourth-order valence-electron chi connectivity index (χ4n) is 4.12. The SMILES string of the molecule is COC(=O)C1Cc2ccc(OC)c(c2)-c2cc(ccc2OC)C(N(C)C(=O)CN)C(=O)NCC(=O)N1. The summed E-state index contributed by atoms with van der Waals surface area (Å²) in [6.07, 6.45) is 0.141. The first-order chi connectivity index (χ1) is 17.2. The van der Waals surface area contributed by atoms with Crippen LogP contribution in [-0.2, 0) is 30.3 Å². The minimum absolute atomic E-state index is 0.141. The summed E-state index contributed by atoms with van der Waals surface area (Å²) < 4.78 is 16.0. The van der Waals surface area contributed by atoms with Gasteiger partial charge < -0.3 is 35.5 Å². The molecule has 0 saturated heterocycles. The van der Waals surface area contributed by atoms with Crippen LogP contribution in [-0.4, -0.2) is 76.1 Å². The molecule has 36 heavy (non-hydrogen) atoms. The van der Waals surface area contributed by atoms with Gasteiger partial charge in [0.1, 0.15) is 23.6 Å². The van der Waals surface area contributed by atoms with E-state index in [1.54, 1.807) is 30.3 Å². The summed E-state index contributed by atoms with van der Waals surface area (Å²) >= 11 is 0. The molecule has 0 radical (unpaired) electrons. The molecule has 2 atom stereocenters. The average Bonchev–Trinajstić information content (AvgIpc) is 2.89. The van der Waals surface area contributed by atoms with Crippen molar-refractivity contribution in [3.63, 3.8) is 0 Å². The predicted octanol–water partition coefficient (Wildman–Crippen LogP) is 0.159. The van der Waals surface area contributed by atoms with E-state index in [0.717, 1.165) is 5.56 Å². The van der Waals surface area contributed by atoms with Gasteiger partial charge in [0.25, 0.3) is 0 Å². The lowest BCUT2D eigenvalue weighted by atomic mass is 9.94. The van der Waals surface area contributed by atoms with Gasteiger partial charge >= 0.3 is 5.97 Å². The zero-order valence-corrected chi connectivity index (χ0v) is 20.6. The highest BCUT2D eigenvalue weighted by Gasteiger charge is 2.31. The highest BCUT2D eigenvalue weighted by atomic mass is 16.5. The third-order valence-electron chi connectivity index (χ3n) is 5.98. The van der Waals surface area contributed by atoms with E-state index in [1.165, 1.54) is 33.3 Å². The molecule has 2 unspecified atom stereocenters. The number of nitrogens with one attached hydrogen (secondary N) is 2. The van der Waals surface area contributed by atoms with Gasteiger partial charge in [-0.15, -0.1) is 0 Å². The Morgan fingerprint density at radius 1 is 1.03 bits per heavy atom. The molecule has 1 aliphatic rings. The molecular weight excluding hydrogens is 468 g/mol. The van der Waals surface area contributed by atoms with Crippen LogP contribution in [0.5, 0.6) is 11.5 Å². The van der Waals surface area contributed by atoms with Crippen molar-refractivity contribution in [3.05, 3.63) is 47.5 Å². The third kappa shape index (κ3) is 5.57. The van der Waals surface area contributed by atoms with Gasteiger partial charge in [0.15, 0.2) is 0 Å². The van der Waals surface area contributed by atoms with Crippen LogP contribution in [0, 0.1) is 0 Å². The summed E-state index contributed by atoms with van der Waals surface area (Å²) in [6, 6.07) is 8.35. The number of ether oxygens (including phenoxy) is 3. The number of carbonyl (C=O) groups excluding carboxylic acids is 4. The molecule has 192 valence electrons. The van der Waals surface area contributed by atoms with Crippen LogP contribution >= 0.6 is 0 Å². The van der Waals surface area contributed by atoms with E-state index in [4.69, 9.17) is 19.9 Å². The number of fused-ring (bicyclic) bond motifs is 5. The summed E-state index contributed by atoms with van der Waals surface area (Å²) in [5, 5.41) is 5.15. The molecule has 0 aromatic heterocycles. The van der Waals surface area contributed by atoms with Gasteiger partial charge in [-0.3, -0.25) is 14.4 Å². The summed E-state index contributed by atoms with van der Waals surface area (Å²) in [6.45, 7) is -0.717. The summed E-state index contributed by atoms with van der Waals surface area (Å²) in [4.78, 5) is 51.9. The van der Waals surface area contributed by atoms with Crippen LogP contribution in [0.3, 0.4) is 0 Å². The second kappa shape index (κ2) is 11.5. The Bertz CT molecular complexity index is 1170. The lowest BCUT2D eigenvalue weighted by Crippen LogP contribution is -2.49. The van der Waals surface area contributed by atoms with Gasteiger partial charge in [-0.2, -0.15) is 0 Å². The molecule has 11 heteroatoms. The Balaban J connectivity index is 2.26. The maximum atomic E-state index is 13.2. The van der Waals surface area contributed by atoms with Crippen molar-refractivity contribution >= 4 is 23.7 Å². The third-order valence-corrected chi connectivity index (χ3v) is 5.98. The van der Waals surface area contributed by atoms with Gasteiger partial charge in [0.2, 0.25) is 17.7 Å². The Morgan fingerprint density at radius 2 is 1.67 bits per heavy atom. The number of likely N-dealkylation sites (N-methyl/N-ethyl adjacent to an activating group) is 1. The first-order valence-electron chi connectivity index (χ1n) is 11.2. The molecule has 0 aliphatic carbocycles. The molecule has 0 spiro atoms. The molecule has 4 N–H and O–H groups in total. The second-order valence-corrected chi connectivity index (χ2v) is 8.17. The van der Waals surface area contributed by atoms with Gasteiger partial charge in [0.05, 0.1) is 34.4 Å². The van der Waals surface area contributed by atoms with E-state index < -0.39 is 42.3 Å². The van der Waals surface area contributed by atoms with Crippen LogP contribution in [0.15, 0.2) is 36.4 Å². The lowest BCUT2D eigenvalue weighted by Gasteiger charge is -2.28. The number of benzene rings is 2. The van der Waals surface area contributed by atoms with Gasteiger partial charge in [-0.25, -0.2) is 4.79 Å². The molecular formula is C25H30N4O7. The van der Waals surface area contributed by atoms with Crippen LogP contribution < -0.4 is 25.8 Å². The zero-order valence-electron chi connectivity index (χ0n) is 20.6. The van der Waals surface area contributed by atoms with Crippen LogP contribution in [0.4, 0.5) is 0 Å². The number of esters is 1. The van der Waals surface area contributed by atoms with Gasteiger partial charge in [0, 0.05) is 24.6 Å². The van der Waals surface area contributed by atoms with E-state index in [2.05, 4.69) is 10.6 Å². The van der Waals surface area contributed by atoms with E-state index in [9.17, 15) is 19.2 Å². The van der Waals surface area contributed by atoms with Crippen molar-refractivity contribution in [2.24, 2.45) is 5.73 Å². The van der Waals surface area contributed by atoms with Crippen molar-refractivity contribution < 1.29 is 33.4 Å². The quantitative estimate of drug-likeness (QED) is 0.494. The highest BCUT2D eigenvalue weighted by Crippen LogP contribution is 2.39. The Morgan fingerprint density at radius 3 is 2.28 bits per heavy atom. The number of nitrogens with zero attached hydrogens (tertiary/aromatic N) is 1. The predicted molar refractivity (Wildman–Crippen MR) is 130 cm³/mol. The van der Waals surface area contributed by atoms with Crippen LogP contribution in [0.1, 0.15) is 17.2 Å². The Hall–Kier alpha value is -4.12. The molecule has 2 aromatic carbocycles. The van der Waals surface area contributed by atoms with Gasteiger partial charge in [-0.05, 0) is 35.4 Å². The summed E-state index contributed by atoms with van der Waals surface area (Å²) in [5.41, 5.74) is 7.99. The first-order valence-corrected chi connectivity index (χ1v) is 11.2. The fourth-order valence-corrected chi connectivity index (χ4v) is 4.12. The number of carbonyl (C=O) groups is 4. The second-order valence-electron chi connectivity index (χ2n) is 8.17. The molecule has 1 aliphatic heterocycles. The maximum absolute atomic E-state index is 13.2. The number of rotatable bonds is 5. The number of hydrogen-bond acceptors (Lipinski definition) is 8. The number of amides is 3. The average molecular weight is 499 g/mol. The minimum atomic E-state index is -1.09. The smallest absolute Gasteiger partial charge is 0.328 e. The molecule has 2 aromatic rings. The standard InChI is InChI=1S/C25H30N4O7/c1-29(22(31)12-26)23-15-6-8-20(35-3)17(11-15)16-9-14(5-7-19(16)34-2)10-18(25(33)36-4)28-21(30)13-27-24(23)32/h5-9,11,18,23H,10,12-13,26H2,1-4H3,(H,27,32)(H,28,30). The van der Waals surface area contributed by atoms with E-state index in [-0.39, 0.29) is 13.0 Å². The summed E-state index contributed by atoms with van der Waals surface area (Å²) in [7, 11) is 5.73. The largest absolute Gasteiger partial charge is 0.496 e. The number of nitrogens with two attached hydrogens (primary N) is 1. The molecule has 3 rings (SSSR count). The zero-order chi connectivity index (χ0) is 26.4. The minimum Gasteiger partial charge on any atom is -0.496 e. The normalized spacial score (nSPS) is 17.7. The van der Waals surface area contributed by atoms with Gasteiger partial charge in [-0.1, -0.05) is 12.1 Å². The Kier molecular flexibility index (Phi) is 8.49. The van der Waals surface area contributed by atoms with Crippen molar-refractivity contribution in [2.75, 3.05) is 41.5 Å². The van der Waals surface area contributed by atoms with E-state index in [1.807, 2.05) is 6.07 Å². The van der Waals surface area contributed by atoms with Crippen LogP contribution in [0.25, 0.3) is 11.1 Å². The Labute approximate surface area is 208 Å². The monoisotopic (exact) mass is 498 g/mol. The van der Waals surface area contributed by atoms with E-state index >= 15 is 0 Å². The van der Waals surface area contributed by atoms with Crippen molar-refractivity contribution in [2.45, 2.75) is 18.5 Å². The molecule has 0 saturated carbocycles. The number of hydrogen-bond donors (Lipinski definition) is 3. The molecule has 3 amide bonds. The number of methoxy groups -OCH3 is 3. The van der Waals surface area contributed by atoms with E-state index in [0.29, 0.717) is 28.2 Å². The fraction of sp³-hybridized carbons (Fsp3) is 0.360. The lowest BCUT2D eigenvalue weighted by molar-refractivity contribution is -0.145. The highest BCUT2D eigenvalue weighted by molar-refractivity contribution is 5.93. The molecule has 4 bridgehead atoms. The molecule has 11 nitrogen and oxygen atoms in total. The topological polar surface area (TPSA) is 149 Å². The van der Waals surface area contributed by atoms with Crippen LogP contribution in [0.2, 0.25) is 0 Å². The first kappa shape index (κ1) is 26.5. The molecule has 1 heterocycles. The van der Waals surface area contributed by atoms with Crippen molar-refractivity contribution in [3.8, 4) is 22.6 Å². The summed E-state index contributed by atoms with van der Waals surface area (Å²) in [5.74, 6) is -1.27. The maximum Gasteiger partial charge on any atom is 0.328 e. The molecule has 0 fully saturated rings. The van der Waals surface area contributed by atoms with Crippen molar-refractivity contribution in [1.29, 1.82) is 0 Å².